The number of aliphatic hydroxyl groups is 1. The van der Waals surface area contributed by atoms with Crippen LogP contribution in [0, 0.1) is 17.6 Å². The van der Waals surface area contributed by atoms with E-state index in [-0.39, 0.29) is 12.3 Å². The van der Waals surface area contributed by atoms with E-state index in [9.17, 15) is 0 Å². The van der Waals surface area contributed by atoms with E-state index in [0.717, 1.165) is 18.6 Å². The molecule has 0 bridgehead atoms. The van der Waals surface area contributed by atoms with Crippen LogP contribution < -0.4 is 10.5 Å². The third-order valence-corrected chi connectivity index (χ3v) is 4.67. The summed E-state index contributed by atoms with van der Waals surface area (Å²) in [6.45, 7) is 5.37. The lowest BCUT2D eigenvalue weighted by Gasteiger charge is -2.11. The van der Waals surface area contributed by atoms with Gasteiger partial charge in [-0.25, -0.2) is 0 Å². The first-order valence-electron chi connectivity index (χ1n) is 6.29. The summed E-state index contributed by atoms with van der Waals surface area (Å²) < 4.78 is 9.42. The number of hydrogen-bond donors (Lipinski definition) is 2. The lowest BCUT2D eigenvalue weighted by atomic mass is 10.2. The van der Waals surface area contributed by atoms with Crippen molar-refractivity contribution in [2.24, 2.45) is 5.73 Å². The summed E-state index contributed by atoms with van der Waals surface area (Å²) in [5.74, 6) is 1.86. The fraction of sp³-hybridized carbons (Fsp3) is 0.125. The van der Waals surface area contributed by atoms with E-state index in [1.165, 1.54) is 9.13 Å². The third kappa shape index (κ3) is 7.01. The van der Waals surface area contributed by atoms with Crippen LogP contribution in [0.1, 0.15) is 5.56 Å². The van der Waals surface area contributed by atoms with Crippen molar-refractivity contribution in [1.29, 1.82) is 0 Å². The van der Waals surface area contributed by atoms with E-state index >= 15 is 0 Å². The topological polar surface area (TPSA) is 55.5 Å². The van der Waals surface area contributed by atoms with Crippen molar-refractivity contribution in [2.75, 3.05) is 6.54 Å². The van der Waals surface area contributed by atoms with E-state index in [1.54, 1.807) is 0 Å². The van der Waals surface area contributed by atoms with Gasteiger partial charge in [0.1, 0.15) is 5.75 Å². The standard InChI is InChI=1S/C13H9I3O.C3H7NO/c1-8-5-11(15)13(12(16)6-8)17-10-4-2-3-9(14)7-10;1-3(5)2-4/h2-7H,1H3;5H,1-2,4H2. The lowest BCUT2D eigenvalue weighted by Crippen LogP contribution is -1.99. The number of rotatable bonds is 3. The molecule has 3 N–H and O–H groups in total. The number of aryl methyl sites for hydroxylation is 1. The second kappa shape index (κ2) is 9.93. The molecule has 22 heavy (non-hydrogen) atoms. The van der Waals surface area contributed by atoms with Crippen LogP contribution in [0.25, 0.3) is 0 Å². The van der Waals surface area contributed by atoms with Gasteiger partial charge in [-0.3, -0.25) is 0 Å². The molecule has 0 aliphatic heterocycles. The highest BCUT2D eigenvalue weighted by Gasteiger charge is 2.08. The van der Waals surface area contributed by atoms with Crippen molar-refractivity contribution in [3.05, 3.63) is 65.0 Å². The van der Waals surface area contributed by atoms with Crippen molar-refractivity contribution >= 4 is 67.8 Å². The lowest BCUT2D eigenvalue weighted by molar-refractivity contribution is 0.406. The molecule has 3 nitrogen and oxygen atoms in total. The summed E-state index contributed by atoms with van der Waals surface area (Å²) in [5.41, 5.74) is 6.08. The zero-order valence-electron chi connectivity index (χ0n) is 11.9. The predicted molar refractivity (Wildman–Crippen MR) is 117 cm³/mol. The molecule has 0 aliphatic rings. The molecule has 0 saturated heterocycles. The highest BCUT2D eigenvalue weighted by molar-refractivity contribution is 14.1. The molecule has 2 aromatic rings. The van der Waals surface area contributed by atoms with E-state index in [4.69, 9.17) is 15.6 Å². The predicted octanol–water partition coefficient (Wildman–Crippen LogP) is 5.62. The zero-order valence-corrected chi connectivity index (χ0v) is 18.4. The van der Waals surface area contributed by atoms with E-state index in [2.05, 4.69) is 99.5 Å². The van der Waals surface area contributed by atoms with Gasteiger partial charge >= 0.3 is 0 Å². The van der Waals surface area contributed by atoms with Crippen molar-refractivity contribution in [2.45, 2.75) is 6.92 Å². The van der Waals surface area contributed by atoms with Crippen molar-refractivity contribution in [3.8, 4) is 11.5 Å². The average molecular weight is 635 g/mol. The van der Waals surface area contributed by atoms with Gasteiger partial charge in [0.15, 0.2) is 5.75 Å². The minimum atomic E-state index is 0.0324. The van der Waals surface area contributed by atoms with Crippen molar-refractivity contribution in [3.63, 3.8) is 0 Å². The van der Waals surface area contributed by atoms with Crippen LogP contribution >= 0.6 is 67.8 Å². The number of ether oxygens (including phenoxy) is 1. The molecule has 0 spiro atoms. The molecule has 0 aliphatic carbocycles. The van der Waals surface area contributed by atoms with Gasteiger partial charge < -0.3 is 15.6 Å². The largest absolute Gasteiger partial charge is 0.512 e. The fourth-order valence-electron chi connectivity index (χ4n) is 1.43. The number of nitrogens with two attached hydrogens (primary N) is 1. The van der Waals surface area contributed by atoms with E-state index < -0.39 is 0 Å². The molecule has 0 radical (unpaired) electrons. The molecule has 0 saturated carbocycles. The first-order valence-corrected chi connectivity index (χ1v) is 9.53. The summed E-state index contributed by atoms with van der Waals surface area (Å²) in [4.78, 5) is 0. The summed E-state index contributed by atoms with van der Waals surface area (Å²) in [6, 6.07) is 12.3. The Kier molecular flexibility index (Phi) is 9.02. The van der Waals surface area contributed by atoms with Gasteiger partial charge in [0.2, 0.25) is 0 Å². The van der Waals surface area contributed by atoms with Gasteiger partial charge in [0.05, 0.1) is 19.4 Å². The monoisotopic (exact) mass is 635 g/mol. The Labute approximate surface area is 171 Å². The molecule has 0 heterocycles. The maximum Gasteiger partial charge on any atom is 0.154 e. The minimum Gasteiger partial charge on any atom is -0.512 e. The number of halogens is 3. The highest BCUT2D eigenvalue weighted by Crippen LogP contribution is 2.33. The molecular weight excluding hydrogens is 619 g/mol. The van der Waals surface area contributed by atoms with Crippen LogP contribution in [-0.2, 0) is 0 Å². The highest BCUT2D eigenvalue weighted by atomic mass is 127. The first-order chi connectivity index (χ1) is 10.3. The number of benzene rings is 2. The number of hydrogen-bond acceptors (Lipinski definition) is 3. The second-order valence-electron chi connectivity index (χ2n) is 4.39. The number of aliphatic hydroxyl groups excluding tert-OH is 1. The molecule has 2 rings (SSSR count). The molecular formula is C16H16I3NO2. The smallest absolute Gasteiger partial charge is 0.154 e. The SMILES string of the molecule is C=C(O)CN.Cc1cc(I)c(Oc2cccc(I)c2)c(I)c1. The fourth-order valence-corrected chi connectivity index (χ4v) is 4.25. The van der Waals surface area contributed by atoms with Gasteiger partial charge in [0.25, 0.3) is 0 Å². The molecule has 0 amide bonds. The van der Waals surface area contributed by atoms with Crippen LogP contribution in [0.3, 0.4) is 0 Å². The molecule has 0 unspecified atom stereocenters. The quantitative estimate of drug-likeness (QED) is 0.341. The van der Waals surface area contributed by atoms with Gasteiger partial charge in [-0.2, -0.15) is 0 Å². The maximum atomic E-state index is 8.04. The summed E-state index contributed by atoms with van der Waals surface area (Å²) in [7, 11) is 0. The van der Waals surface area contributed by atoms with Gasteiger partial charge in [-0.15, -0.1) is 0 Å². The summed E-state index contributed by atoms with van der Waals surface area (Å²) in [6.07, 6.45) is 0. The molecule has 2 aromatic carbocycles. The molecule has 0 atom stereocenters. The Bertz CT molecular complexity index is 637. The Morgan fingerprint density at radius 2 is 1.73 bits per heavy atom. The van der Waals surface area contributed by atoms with Crippen molar-refractivity contribution in [1.82, 2.24) is 0 Å². The molecule has 118 valence electrons. The van der Waals surface area contributed by atoms with E-state index in [0.29, 0.717) is 0 Å². The van der Waals surface area contributed by atoms with Crippen LogP contribution in [0.15, 0.2) is 48.7 Å². The summed E-state index contributed by atoms with van der Waals surface area (Å²) in [5, 5.41) is 8.04. The van der Waals surface area contributed by atoms with Crippen LogP contribution in [-0.4, -0.2) is 11.7 Å². The Balaban J connectivity index is 0.000000422. The van der Waals surface area contributed by atoms with E-state index in [1.807, 2.05) is 18.2 Å². The molecule has 0 fully saturated rings. The zero-order chi connectivity index (χ0) is 16.7. The van der Waals surface area contributed by atoms with Crippen LogP contribution in [0.5, 0.6) is 11.5 Å². The van der Waals surface area contributed by atoms with Crippen LogP contribution in [0.2, 0.25) is 0 Å². The second-order valence-corrected chi connectivity index (χ2v) is 7.96. The normalized spacial score (nSPS) is 9.68. The van der Waals surface area contributed by atoms with Gasteiger partial charge in [-0.1, -0.05) is 12.6 Å². The Morgan fingerprint density at radius 1 is 1.18 bits per heavy atom. The third-order valence-electron chi connectivity index (χ3n) is 2.39. The van der Waals surface area contributed by atoms with Crippen LogP contribution in [0.4, 0.5) is 0 Å². The van der Waals surface area contributed by atoms with Gasteiger partial charge in [0, 0.05) is 3.57 Å². The maximum absolute atomic E-state index is 8.04. The minimum absolute atomic E-state index is 0.0324. The van der Waals surface area contributed by atoms with Crippen molar-refractivity contribution < 1.29 is 9.84 Å². The Morgan fingerprint density at radius 3 is 2.18 bits per heavy atom. The first kappa shape index (κ1) is 20.0. The Hall–Kier alpha value is -0.0700. The summed E-state index contributed by atoms with van der Waals surface area (Å²) >= 11 is 6.92. The molecule has 0 aromatic heterocycles. The van der Waals surface area contributed by atoms with Gasteiger partial charge in [-0.05, 0) is 111 Å². The average Bonchev–Trinajstić information content (AvgIpc) is 2.43. The molecule has 6 heteroatoms.